The van der Waals surface area contributed by atoms with E-state index in [-0.39, 0.29) is 24.3 Å². The first-order chi connectivity index (χ1) is 10.6. The van der Waals surface area contributed by atoms with E-state index in [1.165, 1.54) is 6.07 Å². The number of pyridine rings is 1. The Hall–Kier alpha value is -2.18. The number of hydrogen-bond donors (Lipinski definition) is 2. The van der Waals surface area contributed by atoms with E-state index in [1.54, 1.807) is 19.3 Å². The molecule has 0 aliphatic carbocycles. The molecule has 7 heteroatoms. The highest BCUT2D eigenvalue weighted by molar-refractivity contribution is 5.80. The molecule has 1 atom stereocenters. The SMILES string of the molecule is CCC(=O)N1CCC(NC(=NC)NCc2ncccc2F)C1. The van der Waals surface area contributed by atoms with Crippen LogP contribution in [0.5, 0.6) is 0 Å². The molecule has 1 aromatic heterocycles. The molecule has 0 bridgehead atoms. The monoisotopic (exact) mass is 307 g/mol. The summed E-state index contributed by atoms with van der Waals surface area (Å²) in [6.07, 6.45) is 2.96. The number of guanidine groups is 1. The number of carbonyl (C=O) groups excluding carboxylic acids is 1. The van der Waals surface area contributed by atoms with Crippen LogP contribution in [-0.2, 0) is 11.3 Å². The summed E-state index contributed by atoms with van der Waals surface area (Å²) in [4.78, 5) is 21.6. The van der Waals surface area contributed by atoms with Crippen molar-refractivity contribution >= 4 is 11.9 Å². The average molecular weight is 307 g/mol. The standard InChI is InChI=1S/C15H22FN5O/c1-3-14(22)21-8-6-11(10-21)20-15(17-2)19-9-13-12(16)5-4-7-18-13/h4-5,7,11H,3,6,8-10H2,1-2H3,(H2,17,19,20). The van der Waals surface area contributed by atoms with Crippen molar-refractivity contribution in [2.45, 2.75) is 32.4 Å². The molecule has 2 heterocycles. The van der Waals surface area contributed by atoms with Gasteiger partial charge in [0, 0.05) is 38.8 Å². The Balaban J connectivity index is 1.84. The number of amides is 1. The number of aliphatic imine (C=N–C) groups is 1. The summed E-state index contributed by atoms with van der Waals surface area (Å²) in [5.41, 5.74) is 0.347. The van der Waals surface area contributed by atoms with Crippen molar-refractivity contribution < 1.29 is 9.18 Å². The van der Waals surface area contributed by atoms with Crippen LogP contribution in [0.4, 0.5) is 4.39 Å². The van der Waals surface area contributed by atoms with Gasteiger partial charge in [-0.25, -0.2) is 4.39 Å². The number of nitrogens with one attached hydrogen (secondary N) is 2. The van der Waals surface area contributed by atoms with Gasteiger partial charge in [-0.05, 0) is 18.6 Å². The minimum Gasteiger partial charge on any atom is -0.352 e. The van der Waals surface area contributed by atoms with Gasteiger partial charge in [-0.2, -0.15) is 0 Å². The molecule has 0 radical (unpaired) electrons. The average Bonchev–Trinajstić information content (AvgIpc) is 3.00. The molecule has 6 nitrogen and oxygen atoms in total. The van der Waals surface area contributed by atoms with Gasteiger partial charge in [-0.3, -0.25) is 14.8 Å². The number of aromatic nitrogens is 1. The lowest BCUT2D eigenvalue weighted by molar-refractivity contribution is -0.129. The molecule has 1 amide bonds. The molecule has 1 saturated heterocycles. The molecule has 1 aliphatic rings. The van der Waals surface area contributed by atoms with E-state index >= 15 is 0 Å². The fraction of sp³-hybridized carbons (Fsp3) is 0.533. The second-order valence-corrected chi connectivity index (χ2v) is 5.18. The molecule has 1 fully saturated rings. The van der Waals surface area contributed by atoms with Crippen LogP contribution in [0.1, 0.15) is 25.5 Å². The highest BCUT2D eigenvalue weighted by Gasteiger charge is 2.25. The summed E-state index contributed by atoms with van der Waals surface area (Å²) < 4.78 is 13.5. The van der Waals surface area contributed by atoms with E-state index in [1.807, 2.05) is 11.8 Å². The van der Waals surface area contributed by atoms with Gasteiger partial charge in [0.1, 0.15) is 5.82 Å². The van der Waals surface area contributed by atoms with Crippen LogP contribution >= 0.6 is 0 Å². The fourth-order valence-electron chi connectivity index (χ4n) is 2.43. The largest absolute Gasteiger partial charge is 0.352 e. The van der Waals surface area contributed by atoms with E-state index < -0.39 is 0 Å². The first kappa shape index (κ1) is 16.2. The third kappa shape index (κ3) is 4.16. The molecule has 1 unspecified atom stereocenters. The van der Waals surface area contributed by atoms with Gasteiger partial charge in [0.25, 0.3) is 0 Å². The predicted octanol–water partition coefficient (Wildman–Crippen LogP) is 0.897. The minimum atomic E-state index is -0.342. The topological polar surface area (TPSA) is 69.6 Å². The van der Waals surface area contributed by atoms with E-state index in [4.69, 9.17) is 0 Å². The van der Waals surface area contributed by atoms with Crippen molar-refractivity contribution in [3.8, 4) is 0 Å². The second-order valence-electron chi connectivity index (χ2n) is 5.18. The Bertz CT molecular complexity index is 548. The summed E-state index contributed by atoms with van der Waals surface area (Å²) >= 11 is 0. The summed E-state index contributed by atoms with van der Waals surface area (Å²) in [6.45, 7) is 3.56. The zero-order valence-corrected chi connectivity index (χ0v) is 13.0. The molecule has 1 aromatic rings. The molecule has 2 N–H and O–H groups in total. The Kier molecular flexibility index (Phi) is 5.68. The summed E-state index contributed by atoms with van der Waals surface area (Å²) in [5.74, 6) is 0.412. The number of hydrogen-bond acceptors (Lipinski definition) is 3. The summed E-state index contributed by atoms with van der Waals surface area (Å²) in [6, 6.07) is 3.10. The first-order valence-corrected chi connectivity index (χ1v) is 7.48. The number of carbonyl (C=O) groups is 1. The van der Waals surface area contributed by atoms with Crippen LogP contribution in [-0.4, -0.2) is 47.9 Å². The van der Waals surface area contributed by atoms with E-state index in [0.29, 0.717) is 24.6 Å². The van der Waals surface area contributed by atoms with Crippen molar-refractivity contribution in [3.63, 3.8) is 0 Å². The maximum Gasteiger partial charge on any atom is 0.222 e. The van der Waals surface area contributed by atoms with Crippen molar-refractivity contribution in [3.05, 3.63) is 29.8 Å². The molecule has 22 heavy (non-hydrogen) atoms. The molecule has 120 valence electrons. The lowest BCUT2D eigenvalue weighted by Crippen LogP contribution is -2.44. The quantitative estimate of drug-likeness (QED) is 0.640. The molecule has 0 aromatic carbocycles. The zero-order chi connectivity index (χ0) is 15.9. The van der Waals surface area contributed by atoms with Gasteiger partial charge in [-0.15, -0.1) is 0 Å². The third-order valence-electron chi connectivity index (χ3n) is 3.67. The van der Waals surface area contributed by atoms with Crippen LogP contribution in [0.2, 0.25) is 0 Å². The molecular weight excluding hydrogens is 285 g/mol. The maximum absolute atomic E-state index is 13.5. The Morgan fingerprint density at radius 1 is 1.59 bits per heavy atom. The lowest BCUT2D eigenvalue weighted by atomic mass is 10.3. The van der Waals surface area contributed by atoms with E-state index in [9.17, 15) is 9.18 Å². The van der Waals surface area contributed by atoms with Crippen molar-refractivity contribution in [1.82, 2.24) is 20.5 Å². The number of likely N-dealkylation sites (tertiary alicyclic amines) is 1. The van der Waals surface area contributed by atoms with Crippen LogP contribution in [0.25, 0.3) is 0 Å². The highest BCUT2D eigenvalue weighted by Crippen LogP contribution is 2.10. The van der Waals surface area contributed by atoms with Gasteiger partial charge in [-0.1, -0.05) is 6.92 Å². The van der Waals surface area contributed by atoms with Crippen LogP contribution in [0, 0.1) is 5.82 Å². The Morgan fingerprint density at radius 3 is 3.09 bits per heavy atom. The first-order valence-electron chi connectivity index (χ1n) is 7.48. The Labute approximate surface area is 129 Å². The van der Waals surface area contributed by atoms with Crippen LogP contribution < -0.4 is 10.6 Å². The number of nitrogens with zero attached hydrogens (tertiary/aromatic N) is 3. The number of halogens is 1. The zero-order valence-electron chi connectivity index (χ0n) is 13.0. The summed E-state index contributed by atoms with van der Waals surface area (Å²) in [5, 5.41) is 6.30. The minimum absolute atomic E-state index is 0.162. The van der Waals surface area contributed by atoms with Gasteiger partial charge in [0.15, 0.2) is 5.96 Å². The smallest absolute Gasteiger partial charge is 0.222 e. The highest BCUT2D eigenvalue weighted by atomic mass is 19.1. The van der Waals surface area contributed by atoms with Crippen molar-refractivity contribution in [2.24, 2.45) is 4.99 Å². The van der Waals surface area contributed by atoms with Crippen molar-refractivity contribution in [1.29, 1.82) is 0 Å². The van der Waals surface area contributed by atoms with Gasteiger partial charge in [0.05, 0.1) is 12.2 Å². The molecule has 0 spiro atoms. The van der Waals surface area contributed by atoms with Crippen LogP contribution in [0.3, 0.4) is 0 Å². The van der Waals surface area contributed by atoms with Crippen molar-refractivity contribution in [2.75, 3.05) is 20.1 Å². The normalized spacial score (nSPS) is 18.4. The lowest BCUT2D eigenvalue weighted by Gasteiger charge is -2.18. The summed E-state index contributed by atoms with van der Waals surface area (Å²) in [7, 11) is 1.66. The fourth-order valence-corrected chi connectivity index (χ4v) is 2.43. The molecule has 1 aliphatic heterocycles. The molecule has 0 saturated carbocycles. The van der Waals surface area contributed by atoms with Gasteiger partial charge < -0.3 is 15.5 Å². The third-order valence-corrected chi connectivity index (χ3v) is 3.67. The van der Waals surface area contributed by atoms with Gasteiger partial charge >= 0.3 is 0 Å². The van der Waals surface area contributed by atoms with E-state index in [2.05, 4.69) is 20.6 Å². The van der Waals surface area contributed by atoms with Crippen LogP contribution in [0.15, 0.2) is 23.3 Å². The second kappa shape index (κ2) is 7.72. The number of rotatable bonds is 4. The van der Waals surface area contributed by atoms with E-state index in [0.717, 1.165) is 13.0 Å². The molecular formula is C15H22FN5O. The Morgan fingerprint density at radius 2 is 2.41 bits per heavy atom. The predicted molar refractivity (Wildman–Crippen MR) is 82.8 cm³/mol. The maximum atomic E-state index is 13.5. The van der Waals surface area contributed by atoms with Gasteiger partial charge in [0.2, 0.25) is 5.91 Å². The molecule has 2 rings (SSSR count).